The Kier molecular flexibility index (Phi) is 10.4. The van der Waals surface area contributed by atoms with Gasteiger partial charge < -0.3 is 5.11 Å². The zero-order valence-corrected chi connectivity index (χ0v) is 7.11. The highest BCUT2D eigenvalue weighted by atomic mass is 35.5. The molecule has 0 saturated carbocycles. The molecule has 0 heterocycles. The monoisotopic (exact) mass is 164 g/mol. The summed E-state index contributed by atoms with van der Waals surface area (Å²) >= 11 is 5.19. The molecule has 0 rings (SSSR count). The second kappa shape index (κ2) is 8.50. The fraction of sp³-hybridized carbons (Fsp3) is 0.571. The summed E-state index contributed by atoms with van der Waals surface area (Å²) in [7, 11) is 0. The van der Waals surface area contributed by atoms with Crippen LogP contribution in [0, 0.1) is 0 Å². The Morgan fingerprint density at radius 3 is 1.90 bits per heavy atom. The minimum atomic E-state index is -0.935. The number of alkyl halides is 1. The van der Waals surface area contributed by atoms with Crippen LogP contribution in [0.15, 0.2) is 12.2 Å². The number of carboxylic acid groups (broad SMARTS) is 1. The predicted octanol–water partition coefficient (Wildman–Crippen LogP) is 2.28. The van der Waals surface area contributed by atoms with Crippen LogP contribution < -0.4 is 0 Å². The van der Waals surface area contributed by atoms with E-state index in [0.29, 0.717) is 0 Å². The van der Waals surface area contributed by atoms with E-state index in [0.717, 1.165) is 12.3 Å². The molecule has 0 aromatic rings. The lowest BCUT2D eigenvalue weighted by Crippen LogP contribution is -1.92. The van der Waals surface area contributed by atoms with Gasteiger partial charge in [-0.15, -0.1) is 11.6 Å². The lowest BCUT2D eigenvalue weighted by atomic mass is 10.4. The fourth-order valence-electron chi connectivity index (χ4n) is 0. The number of hydrogen-bond donors (Lipinski definition) is 1. The van der Waals surface area contributed by atoms with Crippen LogP contribution in [0.5, 0.6) is 0 Å². The average Bonchev–Trinajstić information content (AvgIpc) is 1.89. The van der Waals surface area contributed by atoms with Crippen molar-refractivity contribution in [1.82, 2.24) is 0 Å². The van der Waals surface area contributed by atoms with Crippen LogP contribution in [0.3, 0.4) is 0 Å². The SMILES string of the molecule is C=C(C)C(=O)O.CCCCl. The normalized spacial score (nSPS) is 7.50. The van der Waals surface area contributed by atoms with Crippen LogP contribution in [-0.2, 0) is 4.79 Å². The zero-order valence-electron chi connectivity index (χ0n) is 6.35. The summed E-state index contributed by atoms with van der Waals surface area (Å²) in [6.45, 7) is 6.65. The first-order chi connectivity index (χ1) is 4.56. The van der Waals surface area contributed by atoms with Crippen LogP contribution >= 0.6 is 11.6 Å². The quantitative estimate of drug-likeness (QED) is 0.502. The van der Waals surface area contributed by atoms with E-state index >= 15 is 0 Å². The van der Waals surface area contributed by atoms with Crippen molar-refractivity contribution in [3.05, 3.63) is 12.2 Å². The molecule has 0 spiro atoms. The molecule has 0 radical (unpaired) electrons. The van der Waals surface area contributed by atoms with Crippen LogP contribution in [0.4, 0.5) is 0 Å². The van der Waals surface area contributed by atoms with Crippen LogP contribution in [0.2, 0.25) is 0 Å². The van der Waals surface area contributed by atoms with Gasteiger partial charge in [0.1, 0.15) is 0 Å². The number of aliphatic carboxylic acids is 1. The predicted molar refractivity (Wildman–Crippen MR) is 43.5 cm³/mol. The summed E-state index contributed by atoms with van der Waals surface area (Å²) in [5.41, 5.74) is 0.176. The third-order valence-corrected chi connectivity index (χ3v) is 0.932. The molecule has 0 aromatic heterocycles. The van der Waals surface area contributed by atoms with Gasteiger partial charge >= 0.3 is 5.97 Å². The molecule has 3 heteroatoms. The Hall–Kier alpha value is -0.500. The van der Waals surface area contributed by atoms with Crippen LogP contribution in [0.1, 0.15) is 20.3 Å². The van der Waals surface area contributed by atoms with Crippen LogP contribution in [-0.4, -0.2) is 17.0 Å². The Balaban J connectivity index is 0. The maximum atomic E-state index is 9.60. The Morgan fingerprint density at radius 1 is 1.70 bits per heavy atom. The van der Waals surface area contributed by atoms with E-state index < -0.39 is 5.97 Å². The molecular formula is C7H13ClO2. The first-order valence-electron chi connectivity index (χ1n) is 3.01. The molecule has 1 N–H and O–H groups in total. The average molecular weight is 165 g/mol. The molecule has 0 aromatic carbocycles. The maximum Gasteiger partial charge on any atom is 0.330 e. The van der Waals surface area contributed by atoms with Crippen molar-refractivity contribution in [3.63, 3.8) is 0 Å². The van der Waals surface area contributed by atoms with E-state index in [1.165, 1.54) is 6.92 Å². The van der Waals surface area contributed by atoms with Crippen molar-refractivity contribution < 1.29 is 9.90 Å². The third kappa shape index (κ3) is 15.6. The minimum absolute atomic E-state index is 0.176. The number of carbonyl (C=O) groups is 1. The maximum absolute atomic E-state index is 9.60. The van der Waals surface area contributed by atoms with Crippen molar-refractivity contribution in [2.24, 2.45) is 0 Å². The summed E-state index contributed by atoms with van der Waals surface area (Å²) in [5, 5.41) is 7.89. The smallest absolute Gasteiger partial charge is 0.330 e. The van der Waals surface area contributed by atoms with Gasteiger partial charge in [-0.1, -0.05) is 13.5 Å². The van der Waals surface area contributed by atoms with E-state index in [1.54, 1.807) is 0 Å². The molecule has 0 aliphatic heterocycles. The van der Waals surface area contributed by atoms with Crippen molar-refractivity contribution in [2.75, 3.05) is 5.88 Å². The van der Waals surface area contributed by atoms with E-state index in [4.69, 9.17) is 16.7 Å². The van der Waals surface area contributed by atoms with Crippen molar-refractivity contribution >= 4 is 17.6 Å². The highest BCUT2D eigenvalue weighted by molar-refractivity contribution is 6.17. The summed E-state index contributed by atoms with van der Waals surface area (Å²) in [5.74, 6) is -0.144. The lowest BCUT2D eigenvalue weighted by Gasteiger charge is -1.79. The summed E-state index contributed by atoms with van der Waals surface area (Å²) in [4.78, 5) is 9.60. The van der Waals surface area contributed by atoms with E-state index in [1.807, 2.05) is 6.92 Å². The van der Waals surface area contributed by atoms with E-state index in [-0.39, 0.29) is 5.57 Å². The Morgan fingerprint density at radius 2 is 1.90 bits per heavy atom. The van der Waals surface area contributed by atoms with E-state index in [2.05, 4.69) is 6.58 Å². The van der Waals surface area contributed by atoms with Gasteiger partial charge in [0.15, 0.2) is 0 Å². The minimum Gasteiger partial charge on any atom is -0.478 e. The molecule has 60 valence electrons. The molecule has 0 bridgehead atoms. The summed E-state index contributed by atoms with van der Waals surface area (Å²) in [6, 6.07) is 0. The lowest BCUT2D eigenvalue weighted by molar-refractivity contribution is -0.132. The molecule has 0 atom stereocenters. The fourth-order valence-corrected chi connectivity index (χ4v) is 0. The van der Waals surface area contributed by atoms with Gasteiger partial charge in [0.05, 0.1) is 0 Å². The first-order valence-corrected chi connectivity index (χ1v) is 3.54. The van der Waals surface area contributed by atoms with Crippen LogP contribution in [0.25, 0.3) is 0 Å². The molecule has 10 heavy (non-hydrogen) atoms. The number of carboxylic acids is 1. The number of hydrogen-bond acceptors (Lipinski definition) is 1. The van der Waals surface area contributed by atoms with Crippen molar-refractivity contribution in [2.45, 2.75) is 20.3 Å². The molecular weight excluding hydrogens is 152 g/mol. The van der Waals surface area contributed by atoms with Gasteiger partial charge in [0.25, 0.3) is 0 Å². The first kappa shape index (κ1) is 12.2. The van der Waals surface area contributed by atoms with Gasteiger partial charge in [-0.25, -0.2) is 4.79 Å². The van der Waals surface area contributed by atoms with Gasteiger partial charge in [0.2, 0.25) is 0 Å². The van der Waals surface area contributed by atoms with E-state index in [9.17, 15) is 4.79 Å². The standard InChI is InChI=1S/C4H6O2.C3H7Cl/c1-3(2)4(5)6;1-2-3-4/h1H2,2H3,(H,5,6);2-3H2,1H3. The number of halogens is 1. The zero-order chi connectivity index (χ0) is 8.57. The Bertz CT molecular complexity index is 96.2. The van der Waals surface area contributed by atoms with Crippen molar-refractivity contribution in [1.29, 1.82) is 0 Å². The molecule has 0 aliphatic carbocycles. The molecule has 0 aliphatic rings. The largest absolute Gasteiger partial charge is 0.478 e. The van der Waals surface area contributed by atoms with Gasteiger partial charge in [-0.3, -0.25) is 0 Å². The third-order valence-electron chi connectivity index (χ3n) is 0.554. The van der Waals surface area contributed by atoms with Gasteiger partial charge in [-0.2, -0.15) is 0 Å². The van der Waals surface area contributed by atoms with Gasteiger partial charge in [-0.05, 0) is 13.3 Å². The summed E-state index contributed by atoms with van der Waals surface area (Å²) in [6.07, 6.45) is 1.08. The number of rotatable bonds is 2. The second-order valence-electron chi connectivity index (χ2n) is 1.77. The highest BCUT2D eigenvalue weighted by Crippen LogP contribution is 1.81. The Labute approximate surface area is 66.5 Å². The highest BCUT2D eigenvalue weighted by Gasteiger charge is 1.90. The molecule has 0 fully saturated rings. The molecule has 0 saturated heterocycles. The van der Waals surface area contributed by atoms with Gasteiger partial charge in [0, 0.05) is 11.5 Å². The van der Waals surface area contributed by atoms with Crippen molar-refractivity contribution in [3.8, 4) is 0 Å². The summed E-state index contributed by atoms with van der Waals surface area (Å²) < 4.78 is 0. The molecule has 0 unspecified atom stereocenters. The topological polar surface area (TPSA) is 37.3 Å². The second-order valence-corrected chi connectivity index (χ2v) is 2.15. The molecule has 2 nitrogen and oxygen atoms in total. The molecule has 0 amide bonds.